The van der Waals surface area contributed by atoms with Crippen molar-refractivity contribution < 1.29 is 4.74 Å². The van der Waals surface area contributed by atoms with E-state index in [1.807, 2.05) is 0 Å². The van der Waals surface area contributed by atoms with Gasteiger partial charge in [0.1, 0.15) is 5.75 Å². The van der Waals surface area contributed by atoms with Crippen LogP contribution in [0, 0.1) is 5.92 Å². The molecule has 0 fully saturated rings. The second-order valence-corrected chi connectivity index (χ2v) is 5.71. The lowest BCUT2D eigenvalue weighted by atomic mass is 9.86. The molecule has 2 unspecified atom stereocenters. The molecular formula is C16H25NO. The van der Waals surface area contributed by atoms with E-state index >= 15 is 0 Å². The fourth-order valence-corrected chi connectivity index (χ4v) is 2.59. The summed E-state index contributed by atoms with van der Waals surface area (Å²) in [6, 6.07) is 7.54. The fraction of sp³-hybridized carbons (Fsp3) is 0.625. The van der Waals surface area contributed by atoms with Crippen molar-refractivity contribution in [2.75, 3.05) is 7.11 Å². The van der Waals surface area contributed by atoms with Gasteiger partial charge in [0.25, 0.3) is 0 Å². The largest absolute Gasteiger partial charge is 0.497 e. The van der Waals surface area contributed by atoms with Crippen molar-refractivity contribution in [3.8, 4) is 5.75 Å². The molecule has 0 aromatic heterocycles. The quantitative estimate of drug-likeness (QED) is 0.876. The van der Waals surface area contributed by atoms with Gasteiger partial charge < -0.3 is 10.1 Å². The average Bonchev–Trinajstić information content (AvgIpc) is 2.38. The Balaban J connectivity index is 2.20. The van der Waals surface area contributed by atoms with Gasteiger partial charge in [0, 0.05) is 12.1 Å². The summed E-state index contributed by atoms with van der Waals surface area (Å²) < 4.78 is 5.35. The molecule has 18 heavy (non-hydrogen) atoms. The Morgan fingerprint density at radius 1 is 1.28 bits per heavy atom. The number of methoxy groups -OCH3 is 1. The highest BCUT2D eigenvalue weighted by atomic mass is 16.5. The molecule has 1 N–H and O–H groups in total. The van der Waals surface area contributed by atoms with Crippen molar-refractivity contribution in [3.63, 3.8) is 0 Å². The maximum Gasteiger partial charge on any atom is 0.119 e. The van der Waals surface area contributed by atoms with Crippen molar-refractivity contribution in [2.45, 2.75) is 52.1 Å². The molecule has 1 aromatic rings. The molecule has 1 aliphatic carbocycles. The highest BCUT2D eigenvalue weighted by Crippen LogP contribution is 2.33. The van der Waals surface area contributed by atoms with E-state index in [1.54, 1.807) is 7.11 Å². The molecule has 100 valence electrons. The molecule has 1 aliphatic rings. The lowest BCUT2D eigenvalue weighted by molar-refractivity contribution is 0.348. The molecule has 1 aromatic carbocycles. The predicted molar refractivity (Wildman–Crippen MR) is 76.1 cm³/mol. The Bertz CT molecular complexity index is 400. The minimum absolute atomic E-state index is 0.487. The minimum Gasteiger partial charge on any atom is -0.497 e. The van der Waals surface area contributed by atoms with Crippen molar-refractivity contribution in [1.29, 1.82) is 0 Å². The van der Waals surface area contributed by atoms with Gasteiger partial charge in [0.15, 0.2) is 0 Å². The standard InChI is InChI=1S/C16H25NO/c1-11(2)12(3)17-16-7-5-6-13-8-9-14(18-4)10-15(13)16/h8-12,16-17H,5-7H2,1-4H3. The Morgan fingerprint density at radius 3 is 2.72 bits per heavy atom. The summed E-state index contributed by atoms with van der Waals surface area (Å²) in [5.41, 5.74) is 2.92. The minimum atomic E-state index is 0.487. The molecule has 2 atom stereocenters. The third kappa shape index (κ3) is 2.86. The van der Waals surface area contributed by atoms with E-state index in [0.29, 0.717) is 18.0 Å². The molecule has 0 amide bonds. The fourth-order valence-electron chi connectivity index (χ4n) is 2.59. The molecule has 0 heterocycles. The van der Waals surface area contributed by atoms with Gasteiger partial charge in [-0.3, -0.25) is 0 Å². The van der Waals surface area contributed by atoms with E-state index in [-0.39, 0.29) is 0 Å². The Hall–Kier alpha value is -1.02. The first kappa shape index (κ1) is 13.4. The summed E-state index contributed by atoms with van der Waals surface area (Å²) in [7, 11) is 1.74. The van der Waals surface area contributed by atoms with Gasteiger partial charge in [-0.15, -0.1) is 0 Å². The predicted octanol–water partition coefficient (Wildman–Crippen LogP) is 3.71. The molecule has 2 nitrogen and oxygen atoms in total. The van der Waals surface area contributed by atoms with E-state index < -0.39 is 0 Å². The normalized spacial score (nSPS) is 20.6. The van der Waals surface area contributed by atoms with E-state index in [0.717, 1.165) is 5.75 Å². The van der Waals surface area contributed by atoms with Gasteiger partial charge in [0.2, 0.25) is 0 Å². The zero-order chi connectivity index (χ0) is 13.1. The highest BCUT2D eigenvalue weighted by molar-refractivity contribution is 5.39. The highest BCUT2D eigenvalue weighted by Gasteiger charge is 2.22. The maximum absolute atomic E-state index is 5.35. The second kappa shape index (κ2) is 5.75. The van der Waals surface area contributed by atoms with Gasteiger partial charge in [-0.05, 0) is 55.4 Å². The third-order valence-electron chi connectivity index (χ3n) is 4.13. The van der Waals surface area contributed by atoms with Gasteiger partial charge in [-0.2, -0.15) is 0 Å². The number of hydrogen-bond acceptors (Lipinski definition) is 2. The Morgan fingerprint density at radius 2 is 2.06 bits per heavy atom. The van der Waals surface area contributed by atoms with E-state index in [4.69, 9.17) is 4.74 Å². The number of fused-ring (bicyclic) bond motifs is 1. The number of ether oxygens (including phenoxy) is 1. The van der Waals surface area contributed by atoms with Crippen LogP contribution in [0.2, 0.25) is 0 Å². The maximum atomic E-state index is 5.35. The van der Waals surface area contributed by atoms with Crippen molar-refractivity contribution in [3.05, 3.63) is 29.3 Å². The third-order valence-corrected chi connectivity index (χ3v) is 4.13. The number of aryl methyl sites for hydroxylation is 1. The number of benzene rings is 1. The molecule has 0 aliphatic heterocycles. The van der Waals surface area contributed by atoms with Crippen LogP contribution in [0.1, 0.15) is 50.8 Å². The summed E-state index contributed by atoms with van der Waals surface area (Å²) in [5.74, 6) is 1.64. The van der Waals surface area contributed by atoms with Crippen molar-refractivity contribution in [2.24, 2.45) is 5.92 Å². The topological polar surface area (TPSA) is 21.3 Å². The first-order valence-corrected chi connectivity index (χ1v) is 7.04. The molecule has 0 bridgehead atoms. The van der Waals surface area contributed by atoms with Gasteiger partial charge >= 0.3 is 0 Å². The number of nitrogens with one attached hydrogen (secondary N) is 1. The van der Waals surface area contributed by atoms with Crippen LogP contribution in [0.4, 0.5) is 0 Å². The number of rotatable bonds is 4. The summed E-state index contributed by atoms with van der Waals surface area (Å²) in [6.07, 6.45) is 3.71. The van der Waals surface area contributed by atoms with Crippen LogP contribution in [-0.2, 0) is 6.42 Å². The zero-order valence-electron chi connectivity index (χ0n) is 12.0. The Kier molecular flexibility index (Phi) is 4.28. The van der Waals surface area contributed by atoms with Crippen LogP contribution < -0.4 is 10.1 Å². The lowest BCUT2D eigenvalue weighted by Gasteiger charge is -2.31. The van der Waals surface area contributed by atoms with Crippen molar-refractivity contribution in [1.82, 2.24) is 5.32 Å². The Labute approximate surface area is 111 Å². The van der Waals surface area contributed by atoms with Crippen LogP contribution in [0.15, 0.2) is 18.2 Å². The first-order chi connectivity index (χ1) is 8.61. The summed E-state index contributed by atoms with van der Waals surface area (Å²) in [6.45, 7) is 6.82. The second-order valence-electron chi connectivity index (χ2n) is 5.71. The molecule has 2 heteroatoms. The first-order valence-electron chi connectivity index (χ1n) is 7.04. The number of hydrogen-bond donors (Lipinski definition) is 1. The summed E-state index contributed by atoms with van der Waals surface area (Å²) in [4.78, 5) is 0. The zero-order valence-corrected chi connectivity index (χ0v) is 12.0. The van der Waals surface area contributed by atoms with Crippen LogP contribution in [0.25, 0.3) is 0 Å². The molecule has 0 radical (unpaired) electrons. The van der Waals surface area contributed by atoms with E-state index in [1.165, 1.54) is 30.4 Å². The van der Waals surface area contributed by atoms with Gasteiger partial charge in [-0.25, -0.2) is 0 Å². The molecule has 0 saturated carbocycles. The van der Waals surface area contributed by atoms with E-state index in [2.05, 4.69) is 44.3 Å². The molecule has 0 saturated heterocycles. The van der Waals surface area contributed by atoms with Gasteiger partial charge in [0.05, 0.1) is 7.11 Å². The monoisotopic (exact) mass is 247 g/mol. The average molecular weight is 247 g/mol. The van der Waals surface area contributed by atoms with Crippen LogP contribution in [0.3, 0.4) is 0 Å². The smallest absolute Gasteiger partial charge is 0.119 e. The van der Waals surface area contributed by atoms with Crippen LogP contribution in [0.5, 0.6) is 5.75 Å². The summed E-state index contributed by atoms with van der Waals surface area (Å²) >= 11 is 0. The van der Waals surface area contributed by atoms with E-state index in [9.17, 15) is 0 Å². The van der Waals surface area contributed by atoms with Crippen LogP contribution in [-0.4, -0.2) is 13.2 Å². The van der Waals surface area contributed by atoms with Crippen molar-refractivity contribution >= 4 is 0 Å². The van der Waals surface area contributed by atoms with Crippen LogP contribution >= 0.6 is 0 Å². The van der Waals surface area contributed by atoms with Gasteiger partial charge in [-0.1, -0.05) is 19.9 Å². The summed E-state index contributed by atoms with van der Waals surface area (Å²) in [5, 5.41) is 3.77. The molecule has 0 spiro atoms. The lowest BCUT2D eigenvalue weighted by Crippen LogP contribution is -2.35. The molecular weight excluding hydrogens is 222 g/mol. The molecule has 2 rings (SSSR count). The SMILES string of the molecule is COc1ccc2c(c1)C(NC(C)C(C)C)CCC2.